The van der Waals surface area contributed by atoms with E-state index >= 15 is 0 Å². The van der Waals surface area contributed by atoms with Gasteiger partial charge >= 0.3 is 6.09 Å². The number of rotatable bonds is 7. The number of hydrogen-bond acceptors (Lipinski definition) is 3. The lowest BCUT2D eigenvalue weighted by Crippen LogP contribution is -2.51. The Labute approximate surface area is 221 Å². The summed E-state index contributed by atoms with van der Waals surface area (Å²) in [5.41, 5.74) is 4.47. The van der Waals surface area contributed by atoms with Gasteiger partial charge in [0.1, 0.15) is 5.60 Å². The molecular weight excluding hydrogens is 446 g/mol. The summed E-state index contributed by atoms with van der Waals surface area (Å²) in [4.78, 5) is 17.9. The highest BCUT2D eigenvalue weighted by atomic mass is 16.7. The van der Waals surface area contributed by atoms with Crippen LogP contribution in [-0.2, 0) is 9.57 Å². The minimum atomic E-state index is -0.514. The van der Waals surface area contributed by atoms with E-state index in [1.807, 2.05) is 20.8 Å². The minimum Gasteiger partial charge on any atom is -0.442 e. The monoisotopic (exact) mass is 501 g/mol. The van der Waals surface area contributed by atoms with Crippen LogP contribution in [-0.4, -0.2) is 17.8 Å². The summed E-state index contributed by atoms with van der Waals surface area (Å²) in [6.07, 6.45) is 16.4. The first-order valence-corrected chi connectivity index (χ1v) is 15.2. The lowest BCUT2D eigenvalue weighted by atomic mass is 9.47. The summed E-state index contributed by atoms with van der Waals surface area (Å²) < 4.78 is 5.34. The largest absolute Gasteiger partial charge is 0.442 e. The molecule has 3 saturated carbocycles. The molecule has 4 heteroatoms. The first kappa shape index (κ1) is 28.0. The van der Waals surface area contributed by atoms with Crippen LogP contribution < -0.4 is 5.48 Å². The highest BCUT2D eigenvalue weighted by Gasteiger charge is 2.59. The van der Waals surface area contributed by atoms with E-state index in [0.29, 0.717) is 10.8 Å². The Morgan fingerprint density at radius 2 is 1.81 bits per heavy atom. The molecule has 0 spiro atoms. The lowest BCUT2D eigenvalue weighted by Gasteiger charge is -2.58. The van der Waals surface area contributed by atoms with Gasteiger partial charge in [-0.05, 0) is 118 Å². The van der Waals surface area contributed by atoms with Gasteiger partial charge in [-0.15, -0.1) is 0 Å². The van der Waals surface area contributed by atoms with Crippen molar-refractivity contribution in [3.63, 3.8) is 0 Å². The predicted molar refractivity (Wildman–Crippen MR) is 147 cm³/mol. The van der Waals surface area contributed by atoms with E-state index in [1.54, 1.807) is 5.57 Å². The van der Waals surface area contributed by atoms with E-state index in [1.165, 1.54) is 57.8 Å². The quantitative estimate of drug-likeness (QED) is 0.280. The molecule has 1 unspecified atom stereocenters. The predicted octanol–water partition coefficient (Wildman–Crippen LogP) is 8.85. The molecule has 0 aromatic carbocycles. The third-order valence-electron chi connectivity index (χ3n) is 11.0. The number of ether oxygens (including phenoxy) is 1. The van der Waals surface area contributed by atoms with Gasteiger partial charge in [0, 0.05) is 0 Å². The maximum Gasteiger partial charge on any atom is 0.431 e. The van der Waals surface area contributed by atoms with Crippen molar-refractivity contribution in [1.29, 1.82) is 0 Å². The average molecular weight is 502 g/mol. The summed E-state index contributed by atoms with van der Waals surface area (Å²) in [6, 6.07) is 0. The molecule has 0 bridgehead atoms. The van der Waals surface area contributed by atoms with Crippen LogP contribution in [0.5, 0.6) is 0 Å². The van der Waals surface area contributed by atoms with Gasteiger partial charge in [-0.25, -0.2) is 4.79 Å². The van der Waals surface area contributed by atoms with Gasteiger partial charge in [-0.1, -0.05) is 65.5 Å². The molecule has 8 atom stereocenters. The molecule has 1 N–H and O–H groups in total. The second-order valence-corrected chi connectivity index (χ2v) is 14.9. The fraction of sp³-hybridized carbons (Fsp3) is 0.906. The third-order valence-corrected chi connectivity index (χ3v) is 11.0. The SMILES string of the molecule is CC(C)CCC[C@@H](C)[C@H]1CC[C@H]2[C@@H]3CC=C4CC(ONC(=O)OC(C)(C)C)CC[C@]4(C)[C@H]3CC[C@]12C. The number of hydroxylamine groups is 1. The molecular formula is C32H55NO3. The van der Waals surface area contributed by atoms with Crippen LogP contribution in [0.3, 0.4) is 0 Å². The molecule has 0 saturated heterocycles. The highest BCUT2D eigenvalue weighted by Crippen LogP contribution is 2.67. The van der Waals surface area contributed by atoms with E-state index in [9.17, 15) is 4.79 Å². The van der Waals surface area contributed by atoms with Crippen molar-refractivity contribution in [3.8, 4) is 0 Å². The van der Waals surface area contributed by atoms with Crippen LogP contribution >= 0.6 is 0 Å². The van der Waals surface area contributed by atoms with E-state index in [4.69, 9.17) is 9.57 Å². The second-order valence-electron chi connectivity index (χ2n) is 14.9. The van der Waals surface area contributed by atoms with Crippen molar-refractivity contribution < 1.29 is 14.4 Å². The molecule has 0 aromatic rings. The van der Waals surface area contributed by atoms with Crippen molar-refractivity contribution in [2.45, 2.75) is 138 Å². The summed E-state index contributed by atoms with van der Waals surface area (Å²) >= 11 is 0. The summed E-state index contributed by atoms with van der Waals surface area (Å²) in [7, 11) is 0. The minimum absolute atomic E-state index is 0.0461. The fourth-order valence-electron chi connectivity index (χ4n) is 9.18. The Morgan fingerprint density at radius 3 is 2.50 bits per heavy atom. The number of carbonyl (C=O) groups is 1. The Hall–Kier alpha value is -1.03. The van der Waals surface area contributed by atoms with Crippen LogP contribution in [0.4, 0.5) is 4.79 Å². The average Bonchev–Trinajstić information content (AvgIpc) is 3.13. The Balaban J connectivity index is 1.38. The van der Waals surface area contributed by atoms with Crippen LogP contribution in [0.2, 0.25) is 0 Å². The number of nitrogens with one attached hydrogen (secondary N) is 1. The topological polar surface area (TPSA) is 47.6 Å². The smallest absolute Gasteiger partial charge is 0.431 e. The molecule has 4 aliphatic rings. The normalized spacial score (nSPS) is 39.0. The zero-order chi connectivity index (χ0) is 26.3. The Bertz CT molecular complexity index is 813. The van der Waals surface area contributed by atoms with Gasteiger partial charge in [-0.3, -0.25) is 4.84 Å². The summed E-state index contributed by atoms with van der Waals surface area (Å²) in [5.74, 6) is 5.17. The van der Waals surface area contributed by atoms with E-state index < -0.39 is 11.7 Å². The number of allylic oxidation sites excluding steroid dienone is 1. The zero-order valence-electron chi connectivity index (χ0n) is 24.6. The highest BCUT2D eigenvalue weighted by molar-refractivity contribution is 5.66. The van der Waals surface area contributed by atoms with Crippen LogP contribution in [0.25, 0.3) is 0 Å². The van der Waals surface area contributed by atoms with E-state index in [2.05, 4.69) is 46.2 Å². The van der Waals surface area contributed by atoms with Crippen LogP contribution in [0.15, 0.2) is 11.6 Å². The summed E-state index contributed by atoms with van der Waals surface area (Å²) in [5, 5.41) is 0. The third kappa shape index (κ3) is 5.69. The fourth-order valence-corrected chi connectivity index (χ4v) is 9.18. The number of carbonyl (C=O) groups excluding carboxylic acids is 1. The molecule has 0 aromatic heterocycles. The molecule has 0 heterocycles. The molecule has 0 aliphatic heterocycles. The summed E-state index contributed by atoms with van der Waals surface area (Å²) in [6.45, 7) is 18.1. The molecule has 206 valence electrons. The standard InChI is InChI=1S/C32H55NO3/c1-21(2)10-9-11-22(3)26-14-15-27-25-13-12-23-20-24(36-33-29(34)35-30(4,5)6)16-18-31(23,7)28(25)17-19-32(26,27)8/h12,21-22,24-28H,9-11,13-20H2,1-8H3,(H,33,34)/t22-,24?,25+,26-,27+,28+,31+,32-/m1/s1. The van der Waals surface area contributed by atoms with Gasteiger partial charge in [0.15, 0.2) is 0 Å². The van der Waals surface area contributed by atoms with Gasteiger partial charge in [0.25, 0.3) is 0 Å². The van der Waals surface area contributed by atoms with Gasteiger partial charge in [0.2, 0.25) is 0 Å². The van der Waals surface area contributed by atoms with Crippen LogP contribution in [0.1, 0.15) is 126 Å². The molecule has 36 heavy (non-hydrogen) atoms. The Kier molecular flexibility index (Phi) is 8.26. The first-order valence-electron chi connectivity index (χ1n) is 15.2. The maximum absolute atomic E-state index is 12.1. The van der Waals surface area contributed by atoms with Crippen molar-refractivity contribution >= 4 is 6.09 Å². The Morgan fingerprint density at radius 1 is 1.06 bits per heavy atom. The lowest BCUT2D eigenvalue weighted by molar-refractivity contribution is -0.0816. The number of hydrogen-bond donors (Lipinski definition) is 1. The molecule has 4 aliphatic carbocycles. The second kappa shape index (κ2) is 10.6. The van der Waals surface area contributed by atoms with E-state index in [0.717, 1.165) is 48.3 Å². The van der Waals surface area contributed by atoms with Crippen LogP contribution in [0, 0.1) is 46.3 Å². The number of fused-ring (bicyclic) bond motifs is 5. The molecule has 0 radical (unpaired) electrons. The zero-order valence-corrected chi connectivity index (χ0v) is 24.6. The molecule has 4 rings (SSSR count). The van der Waals surface area contributed by atoms with Crippen molar-refractivity contribution in [2.75, 3.05) is 0 Å². The first-order chi connectivity index (χ1) is 16.8. The molecule has 4 nitrogen and oxygen atoms in total. The molecule has 3 fully saturated rings. The van der Waals surface area contributed by atoms with E-state index in [-0.39, 0.29) is 6.10 Å². The molecule has 1 amide bonds. The van der Waals surface area contributed by atoms with Crippen molar-refractivity contribution in [3.05, 3.63) is 11.6 Å². The van der Waals surface area contributed by atoms with Gasteiger partial charge in [-0.2, -0.15) is 5.48 Å². The van der Waals surface area contributed by atoms with Crippen molar-refractivity contribution in [2.24, 2.45) is 46.3 Å². The van der Waals surface area contributed by atoms with Gasteiger partial charge in [0.05, 0.1) is 6.10 Å². The number of amides is 1. The van der Waals surface area contributed by atoms with Gasteiger partial charge < -0.3 is 4.74 Å². The van der Waals surface area contributed by atoms with Crippen molar-refractivity contribution in [1.82, 2.24) is 5.48 Å². The maximum atomic E-state index is 12.1.